The van der Waals surface area contributed by atoms with E-state index in [9.17, 15) is 19.3 Å². The van der Waals surface area contributed by atoms with E-state index < -0.39 is 25.5 Å². The van der Waals surface area contributed by atoms with Crippen molar-refractivity contribution in [3.8, 4) is 0 Å². The van der Waals surface area contributed by atoms with Crippen LogP contribution in [0.25, 0.3) is 0 Å². The summed E-state index contributed by atoms with van der Waals surface area (Å²) in [5, 5.41) is 11.8. The molecule has 0 aliphatic carbocycles. The molecule has 2 N–H and O–H groups in total. The highest BCUT2D eigenvalue weighted by atomic mass is 31.2. The highest BCUT2D eigenvalue weighted by Crippen LogP contribution is 2.51. The van der Waals surface area contributed by atoms with Gasteiger partial charge in [0, 0.05) is 5.56 Å². The lowest BCUT2D eigenvalue weighted by Gasteiger charge is -2.17. The van der Waals surface area contributed by atoms with Gasteiger partial charge in [0.15, 0.2) is 0 Å². The van der Waals surface area contributed by atoms with E-state index >= 15 is 0 Å². The van der Waals surface area contributed by atoms with Crippen LogP contribution in [-0.4, -0.2) is 36.2 Å². The largest absolute Gasteiger partial charge is 0.480 e. The highest BCUT2D eigenvalue weighted by molar-refractivity contribution is 7.53. The monoisotopic (exact) mass is 397 g/mol. The maximum absolute atomic E-state index is 12.6. The van der Waals surface area contributed by atoms with E-state index in [1.54, 1.807) is 44.2 Å². The normalized spacial score (nSPS) is 12.4. The Morgan fingerprint density at radius 2 is 1.81 bits per heavy atom. The second-order valence-electron chi connectivity index (χ2n) is 5.89. The van der Waals surface area contributed by atoms with E-state index in [2.05, 4.69) is 11.9 Å². The molecule has 0 radical (unpaired) electrons. The number of rotatable bonds is 13. The Kier molecular flexibility index (Phi) is 10.0. The number of benzene rings is 1. The summed E-state index contributed by atoms with van der Waals surface area (Å²) >= 11 is 0. The molecule has 0 saturated carbocycles. The fourth-order valence-corrected chi connectivity index (χ4v) is 4.17. The molecule has 0 fully saturated rings. The quantitative estimate of drug-likeness (QED) is 0.296. The maximum atomic E-state index is 12.6. The number of hydrogen-bond acceptors (Lipinski definition) is 5. The first-order valence-electron chi connectivity index (χ1n) is 8.96. The van der Waals surface area contributed by atoms with Crippen molar-refractivity contribution in [2.24, 2.45) is 0 Å². The molecule has 150 valence electrons. The fourth-order valence-electron chi connectivity index (χ4n) is 2.47. The highest BCUT2D eigenvalue weighted by Gasteiger charge is 2.24. The summed E-state index contributed by atoms with van der Waals surface area (Å²) in [7, 11) is -3.22. The lowest BCUT2D eigenvalue weighted by atomic mass is 10.1. The SMILES string of the molecule is C=CCCC[C@H](NC(=O)c1ccc(CP(=O)(OCC)OCC)cc1)C(=O)O. The zero-order chi connectivity index (χ0) is 20.3. The summed E-state index contributed by atoms with van der Waals surface area (Å²) in [5.41, 5.74) is 1.04. The third kappa shape index (κ3) is 8.08. The topological polar surface area (TPSA) is 102 Å². The Morgan fingerprint density at radius 3 is 2.30 bits per heavy atom. The number of unbranched alkanes of at least 4 members (excludes halogenated alkanes) is 1. The predicted molar refractivity (Wildman–Crippen MR) is 104 cm³/mol. The molecule has 0 bridgehead atoms. The van der Waals surface area contributed by atoms with Crippen molar-refractivity contribution >= 4 is 19.5 Å². The number of nitrogens with one attached hydrogen (secondary N) is 1. The lowest BCUT2D eigenvalue weighted by Crippen LogP contribution is -2.40. The third-order valence-electron chi connectivity index (χ3n) is 3.75. The molecule has 1 rings (SSSR count). The van der Waals surface area contributed by atoms with E-state index in [1.807, 2.05) is 0 Å². The average molecular weight is 397 g/mol. The summed E-state index contributed by atoms with van der Waals surface area (Å²) in [5.74, 6) is -1.54. The number of carboxylic acid groups (broad SMARTS) is 1. The molecule has 0 aliphatic rings. The van der Waals surface area contributed by atoms with Gasteiger partial charge in [0.05, 0.1) is 19.4 Å². The Labute approximate surface area is 160 Å². The van der Waals surface area contributed by atoms with Crippen molar-refractivity contribution in [1.82, 2.24) is 5.32 Å². The Balaban J connectivity index is 2.76. The van der Waals surface area contributed by atoms with Gasteiger partial charge in [0.25, 0.3) is 5.91 Å². The van der Waals surface area contributed by atoms with Crippen LogP contribution in [0.1, 0.15) is 49.0 Å². The maximum Gasteiger partial charge on any atom is 0.335 e. The van der Waals surface area contributed by atoms with E-state index in [1.165, 1.54) is 0 Å². The van der Waals surface area contributed by atoms with Crippen LogP contribution < -0.4 is 5.32 Å². The molecule has 1 aromatic carbocycles. The summed E-state index contributed by atoms with van der Waals surface area (Å²) in [4.78, 5) is 23.6. The molecule has 0 heterocycles. The lowest BCUT2D eigenvalue weighted by molar-refractivity contribution is -0.139. The van der Waals surface area contributed by atoms with E-state index in [4.69, 9.17) is 9.05 Å². The molecule has 0 unspecified atom stereocenters. The van der Waals surface area contributed by atoms with Gasteiger partial charge in [-0.15, -0.1) is 6.58 Å². The minimum Gasteiger partial charge on any atom is -0.480 e. The van der Waals surface area contributed by atoms with Crippen LogP contribution >= 0.6 is 7.60 Å². The molecule has 27 heavy (non-hydrogen) atoms. The smallest absolute Gasteiger partial charge is 0.335 e. The van der Waals surface area contributed by atoms with Crippen LogP contribution in [0, 0.1) is 0 Å². The molecule has 0 aliphatic heterocycles. The first-order valence-corrected chi connectivity index (χ1v) is 10.7. The van der Waals surface area contributed by atoms with Crippen molar-refractivity contribution in [1.29, 1.82) is 0 Å². The number of hydrogen-bond donors (Lipinski definition) is 2. The van der Waals surface area contributed by atoms with Crippen LogP contribution in [0.5, 0.6) is 0 Å². The zero-order valence-corrected chi connectivity index (χ0v) is 16.7. The standard InChI is InChI=1S/C19H28NO6P/c1-4-7-8-9-17(19(22)23)20-18(21)16-12-10-15(11-13-16)14-27(24,25-5-2)26-6-3/h4,10-13,17H,1,5-9,14H2,2-3H3,(H,20,21)(H,22,23)/t17-/m0/s1. The first kappa shape index (κ1) is 23.1. The third-order valence-corrected chi connectivity index (χ3v) is 5.80. The zero-order valence-electron chi connectivity index (χ0n) is 15.8. The second kappa shape index (κ2) is 11.7. The van der Waals surface area contributed by atoms with Crippen molar-refractivity contribution in [2.45, 2.75) is 45.3 Å². The van der Waals surface area contributed by atoms with Crippen molar-refractivity contribution in [2.75, 3.05) is 13.2 Å². The number of amides is 1. The van der Waals surface area contributed by atoms with Gasteiger partial charge in [-0.2, -0.15) is 0 Å². The van der Waals surface area contributed by atoms with Gasteiger partial charge < -0.3 is 19.5 Å². The van der Waals surface area contributed by atoms with Gasteiger partial charge >= 0.3 is 13.6 Å². The van der Waals surface area contributed by atoms with Crippen LogP contribution in [0.3, 0.4) is 0 Å². The van der Waals surface area contributed by atoms with Crippen molar-refractivity contribution in [3.05, 3.63) is 48.0 Å². The number of aliphatic carboxylic acids is 1. The second-order valence-corrected chi connectivity index (χ2v) is 7.94. The van der Waals surface area contributed by atoms with Gasteiger partial charge in [-0.3, -0.25) is 9.36 Å². The van der Waals surface area contributed by atoms with Crippen molar-refractivity contribution in [3.63, 3.8) is 0 Å². The summed E-state index contributed by atoms with van der Waals surface area (Å²) in [6.45, 7) is 7.64. The molecule has 1 atom stereocenters. The number of carbonyl (C=O) groups is 2. The molecule has 0 spiro atoms. The van der Waals surface area contributed by atoms with E-state index in [0.717, 1.165) is 0 Å². The molecule has 7 nitrogen and oxygen atoms in total. The molecule has 8 heteroatoms. The molecule has 1 amide bonds. The minimum atomic E-state index is -3.22. The van der Waals surface area contributed by atoms with Crippen LogP contribution in [-0.2, 0) is 24.6 Å². The van der Waals surface area contributed by atoms with Crippen LogP contribution in [0.2, 0.25) is 0 Å². The number of carboxylic acids is 1. The fraction of sp³-hybridized carbons (Fsp3) is 0.474. The molecule has 0 aromatic heterocycles. The summed E-state index contributed by atoms with van der Waals surface area (Å²) in [6, 6.07) is 5.50. The van der Waals surface area contributed by atoms with Gasteiger partial charge in [-0.25, -0.2) is 4.79 Å². The van der Waals surface area contributed by atoms with Crippen LogP contribution in [0.15, 0.2) is 36.9 Å². The van der Waals surface area contributed by atoms with Gasteiger partial charge in [-0.1, -0.05) is 18.2 Å². The number of carbonyl (C=O) groups excluding carboxylic acids is 1. The molecule has 0 saturated heterocycles. The van der Waals surface area contributed by atoms with Gasteiger partial charge in [-0.05, 0) is 50.8 Å². The summed E-state index contributed by atoms with van der Waals surface area (Å²) < 4.78 is 23.1. The van der Waals surface area contributed by atoms with Gasteiger partial charge in [0.1, 0.15) is 6.04 Å². The Hall–Kier alpha value is -1.95. The van der Waals surface area contributed by atoms with Crippen LogP contribution in [0.4, 0.5) is 0 Å². The Bertz CT molecular complexity index is 663. The summed E-state index contributed by atoms with van der Waals surface area (Å²) in [6.07, 6.45) is 3.47. The molecular weight excluding hydrogens is 369 g/mol. The predicted octanol–water partition coefficient (Wildman–Crippen LogP) is 3.99. The first-order chi connectivity index (χ1) is 12.8. The van der Waals surface area contributed by atoms with Gasteiger partial charge in [0.2, 0.25) is 0 Å². The minimum absolute atomic E-state index is 0.107. The van der Waals surface area contributed by atoms with Crippen molar-refractivity contribution < 1.29 is 28.3 Å². The van der Waals surface area contributed by atoms with E-state index in [0.29, 0.717) is 30.4 Å². The Morgan fingerprint density at radius 1 is 1.22 bits per heavy atom. The average Bonchev–Trinajstić information content (AvgIpc) is 2.61. The molecular formula is C19H28NO6P. The molecule has 1 aromatic rings. The number of allylic oxidation sites excluding steroid dienone is 1. The van der Waals surface area contributed by atoms with E-state index in [-0.39, 0.29) is 19.4 Å².